The molecule has 2 fully saturated rings. The van der Waals surface area contributed by atoms with Crippen LogP contribution in [0.4, 0.5) is 0 Å². The second kappa shape index (κ2) is 9.54. The number of nitrogens with zero attached hydrogens (tertiary/aromatic N) is 1. The van der Waals surface area contributed by atoms with Crippen molar-refractivity contribution in [3.8, 4) is 0 Å². The van der Waals surface area contributed by atoms with Crippen molar-refractivity contribution in [1.82, 2.24) is 4.90 Å². The van der Waals surface area contributed by atoms with Crippen molar-refractivity contribution in [3.63, 3.8) is 0 Å². The molecule has 0 bridgehead atoms. The zero-order chi connectivity index (χ0) is 21.9. The molecule has 0 spiro atoms. The summed E-state index contributed by atoms with van der Waals surface area (Å²) in [6, 6.07) is 10.3. The van der Waals surface area contributed by atoms with E-state index in [4.69, 9.17) is 4.43 Å². The monoisotopic (exact) mass is 431 g/mol. The molecule has 4 nitrogen and oxygen atoms in total. The molecule has 1 aromatic rings. The zero-order valence-electron chi connectivity index (χ0n) is 19.6. The summed E-state index contributed by atoms with van der Waals surface area (Å²) in [6.45, 7) is 13.8. The summed E-state index contributed by atoms with van der Waals surface area (Å²) in [5.74, 6) is 0.320. The lowest BCUT2D eigenvalue weighted by Gasteiger charge is -2.37. The number of aliphatic carboxylic acids is 1. The van der Waals surface area contributed by atoms with E-state index in [1.165, 1.54) is 24.8 Å². The maximum Gasteiger partial charge on any atom is 0.321 e. The number of benzene rings is 1. The van der Waals surface area contributed by atoms with E-state index in [2.05, 4.69) is 69.1 Å². The fraction of sp³-hybridized carbons (Fsp3) is 0.720. The third-order valence-electron chi connectivity index (χ3n) is 7.90. The van der Waals surface area contributed by atoms with Crippen LogP contribution in [0.1, 0.15) is 64.4 Å². The molecule has 0 aromatic heterocycles. The first kappa shape index (κ1) is 23.5. The summed E-state index contributed by atoms with van der Waals surface area (Å²) in [7, 11) is -1.84. The van der Waals surface area contributed by atoms with E-state index in [0.29, 0.717) is 11.8 Å². The normalized spacial score (nSPS) is 25.4. The van der Waals surface area contributed by atoms with Crippen molar-refractivity contribution >= 4 is 14.3 Å². The Morgan fingerprint density at radius 1 is 1.13 bits per heavy atom. The molecule has 5 heteroatoms. The summed E-state index contributed by atoms with van der Waals surface area (Å²) < 4.78 is 6.63. The van der Waals surface area contributed by atoms with Gasteiger partial charge in [0, 0.05) is 31.5 Å². The van der Waals surface area contributed by atoms with Crippen LogP contribution in [-0.4, -0.2) is 50.0 Å². The van der Waals surface area contributed by atoms with Gasteiger partial charge in [0.15, 0.2) is 8.32 Å². The molecule has 168 valence electrons. The van der Waals surface area contributed by atoms with Crippen molar-refractivity contribution in [2.24, 2.45) is 11.8 Å². The first-order valence-electron chi connectivity index (χ1n) is 11.8. The Morgan fingerprint density at radius 2 is 1.77 bits per heavy atom. The lowest BCUT2D eigenvalue weighted by Crippen LogP contribution is -2.46. The fourth-order valence-electron chi connectivity index (χ4n) is 5.02. The maximum absolute atomic E-state index is 12.3. The molecule has 3 rings (SSSR count). The summed E-state index contributed by atoms with van der Waals surface area (Å²) >= 11 is 0. The highest BCUT2D eigenvalue weighted by Crippen LogP contribution is 2.41. The van der Waals surface area contributed by atoms with Gasteiger partial charge in [0.05, 0.1) is 0 Å². The summed E-state index contributed by atoms with van der Waals surface area (Å²) in [5.41, 5.74) is 1.32. The first-order chi connectivity index (χ1) is 14.1. The Balaban J connectivity index is 1.80. The molecule has 1 saturated heterocycles. The van der Waals surface area contributed by atoms with Crippen LogP contribution in [0, 0.1) is 11.8 Å². The lowest BCUT2D eigenvalue weighted by atomic mass is 9.83. The Kier molecular flexibility index (Phi) is 7.47. The SMILES string of the molecule is CC(C)(C)[Si](C)(C)OC[C@H]1CN([C@@H](C(=O)O)C2CCCCC2)C[C@@H]1c1ccccc1. The Bertz CT molecular complexity index is 694. The number of hydrogen-bond acceptors (Lipinski definition) is 3. The predicted molar refractivity (Wildman–Crippen MR) is 125 cm³/mol. The highest BCUT2D eigenvalue weighted by atomic mass is 28.4. The second-order valence-electron chi connectivity index (χ2n) is 11.0. The topological polar surface area (TPSA) is 49.8 Å². The predicted octanol–water partition coefficient (Wildman–Crippen LogP) is 5.76. The van der Waals surface area contributed by atoms with Crippen LogP contribution in [0.3, 0.4) is 0 Å². The minimum atomic E-state index is -1.84. The molecule has 30 heavy (non-hydrogen) atoms. The van der Waals surface area contributed by atoms with Gasteiger partial charge in [-0.3, -0.25) is 9.69 Å². The van der Waals surface area contributed by atoms with E-state index in [1.807, 2.05) is 0 Å². The van der Waals surface area contributed by atoms with Gasteiger partial charge in [-0.25, -0.2) is 0 Å². The third-order valence-corrected chi connectivity index (χ3v) is 12.4. The number of carboxylic acid groups (broad SMARTS) is 1. The number of rotatable bonds is 7. The van der Waals surface area contributed by atoms with Crippen LogP contribution in [0.15, 0.2) is 30.3 Å². The van der Waals surface area contributed by atoms with E-state index >= 15 is 0 Å². The fourth-order valence-corrected chi connectivity index (χ4v) is 6.08. The van der Waals surface area contributed by atoms with Crippen LogP contribution in [0.25, 0.3) is 0 Å². The van der Waals surface area contributed by atoms with Gasteiger partial charge in [0.2, 0.25) is 0 Å². The molecule has 0 amide bonds. The van der Waals surface area contributed by atoms with Gasteiger partial charge in [-0.2, -0.15) is 0 Å². The van der Waals surface area contributed by atoms with Gasteiger partial charge in [-0.15, -0.1) is 0 Å². The molecule has 2 aliphatic rings. The molecule has 3 atom stereocenters. The highest BCUT2D eigenvalue weighted by molar-refractivity contribution is 6.74. The second-order valence-corrected chi connectivity index (χ2v) is 15.8. The lowest BCUT2D eigenvalue weighted by molar-refractivity contribution is -0.145. The van der Waals surface area contributed by atoms with Crippen molar-refractivity contribution in [3.05, 3.63) is 35.9 Å². The summed E-state index contributed by atoms with van der Waals surface area (Å²) in [6.07, 6.45) is 5.69. The van der Waals surface area contributed by atoms with Crippen molar-refractivity contribution in [2.75, 3.05) is 19.7 Å². The Hall–Kier alpha value is -1.17. The van der Waals surface area contributed by atoms with Gasteiger partial charge in [0.25, 0.3) is 0 Å². The highest BCUT2D eigenvalue weighted by Gasteiger charge is 2.44. The van der Waals surface area contributed by atoms with Crippen LogP contribution in [-0.2, 0) is 9.22 Å². The molecule has 1 N–H and O–H groups in total. The number of likely N-dealkylation sites (tertiary alicyclic amines) is 1. The van der Waals surface area contributed by atoms with Crippen LogP contribution < -0.4 is 0 Å². The van der Waals surface area contributed by atoms with Crippen molar-refractivity contribution in [2.45, 2.75) is 83.0 Å². The number of hydrogen-bond donors (Lipinski definition) is 1. The summed E-state index contributed by atoms with van der Waals surface area (Å²) in [5, 5.41) is 10.3. The molecule has 0 unspecified atom stereocenters. The average Bonchev–Trinajstić information content (AvgIpc) is 3.10. The third kappa shape index (κ3) is 5.35. The van der Waals surface area contributed by atoms with Gasteiger partial charge in [0.1, 0.15) is 6.04 Å². The van der Waals surface area contributed by atoms with Crippen LogP contribution in [0.5, 0.6) is 0 Å². The maximum atomic E-state index is 12.3. The van der Waals surface area contributed by atoms with E-state index in [9.17, 15) is 9.90 Å². The van der Waals surface area contributed by atoms with Crippen molar-refractivity contribution in [1.29, 1.82) is 0 Å². The quantitative estimate of drug-likeness (QED) is 0.558. The van der Waals surface area contributed by atoms with E-state index in [0.717, 1.165) is 32.5 Å². The van der Waals surface area contributed by atoms with Crippen LogP contribution in [0.2, 0.25) is 18.1 Å². The molecule has 1 aromatic carbocycles. The minimum Gasteiger partial charge on any atom is -0.480 e. The standard InChI is InChI=1S/C25H41NO3Si/c1-25(2,3)30(4,5)29-18-21-16-26(17-22(21)19-12-8-6-9-13-19)23(24(27)28)20-14-10-7-11-15-20/h6,8-9,12-13,20-23H,7,10-11,14-18H2,1-5H3,(H,27,28)/t21-,22-,23-/m1/s1. The molecular weight excluding hydrogens is 390 g/mol. The van der Waals surface area contributed by atoms with E-state index in [-0.39, 0.29) is 17.0 Å². The minimum absolute atomic E-state index is 0.180. The molecule has 1 heterocycles. The van der Waals surface area contributed by atoms with E-state index in [1.54, 1.807) is 0 Å². The number of carbonyl (C=O) groups is 1. The average molecular weight is 432 g/mol. The Morgan fingerprint density at radius 3 is 2.33 bits per heavy atom. The first-order valence-corrected chi connectivity index (χ1v) is 14.7. The molecule has 1 aliphatic heterocycles. The largest absolute Gasteiger partial charge is 0.480 e. The van der Waals surface area contributed by atoms with E-state index < -0.39 is 14.3 Å². The van der Waals surface area contributed by atoms with Gasteiger partial charge in [-0.1, -0.05) is 70.4 Å². The van der Waals surface area contributed by atoms with Crippen LogP contribution >= 0.6 is 0 Å². The molecule has 1 aliphatic carbocycles. The van der Waals surface area contributed by atoms with Gasteiger partial charge >= 0.3 is 5.97 Å². The number of carboxylic acids is 1. The van der Waals surface area contributed by atoms with Gasteiger partial charge in [-0.05, 0) is 42.5 Å². The van der Waals surface area contributed by atoms with Crippen molar-refractivity contribution < 1.29 is 14.3 Å². The molecule has 1 saturated carbocycles. The zero-order valence-corrected chi connectivity index (χ0v) is 20.6. The smallest absolute Gasteiger partial charge is 0.321 e. The van der Waals surface area contributed by atoms with Gasteiger partial charge < -0.3 is 9.53 Å². The molecular formula is C25H41NO3Si. The molecule has 0 radical (unpaired) electrons. The summed E-state index contributed by atoms with van der Waals surface area (Å²) in [4.78, 5) is 14.6. The Labute approximate surface area is 184 Å².